The highest BCUT2D eigenvalue weighted by molar-refractivity contribution is 5.98. The second kappa shape index (κ2) is 7.48. The van der Waals surface area contributed by atoms with Crippen molar-refractivity contribution in [3.63, 3.8) is 0 Å². The molecule has 2 aromatic carbocycles. The van der Waals surface area contributed by atoms with E-state index in [4.69, 9.17) is 4.42 Å². The van der Waals surface area contributed by atoms with Crippen molar-refractivity contribution >= 4 is 11.9 Å². The zero-order valence-corrected chi connectivity index (χ0v) is 15.1. The average molecular weight is 376 g/mol. The van der Waals surface area contributed by atoms with Gasteiger partial charge in [0.25, 0.3) is 5.91 Å². The molecular formula is C21H17FN4O2. The first-order chi connectivity index (χ1) is 13.6. The second-order valence-electron chi connectivity index (χ2n) is 6.25. The Bertz CT molecular complexity index is 1100. The van der Waals surface area contributed by atoms with Crippen LogP contribution in [0.25, 0.3) is 11.6 Å². The van der Waals surface area contributed by atoms with Crippen molar-refractivity contribution in [1.82, 2.24) is 14.8 Å². The van der Waals surface area contributed by atoms with Crippen LogP contribution in [0.2, 0.25) is 0 Å². The number of aromatic nitrogens is 3. The number of halogens is 1. The molecule has 28 heavy (non-hydrogen) atoms. The lowest BCUT2D eigenvalue weighted by Gasteiger charge is -2.09. The molecule has 0 amide bonds. The Morgan fingerprint density at radius 3 is 2.61 bits per heavy atom. The Morgan fingerprint density at radius 1 is 1.11 bits per heavy atom. The number of benzene rings is 2. The first-order valence-corrected chi connectivity index (χ1v) is 8.71. The minimum Gasteiger partial charge on any atom is -0.461 e. The van der Waals surface area contributed by atoms with E-state index in [9.17, 15) is 9.18 Å². The van der Waals surface area contributed by atoms with Crippen LogP contribution in [0, 0.1) is 12.7 Å². The van der Waals surface area contributed by atoms with Crippen LogP contribution in [0.15, 0.2) is 71.3 Å². The third-order valence-electron chi connectivity index (χ3n) is 4.28. The van der Waals surface area contributed by atoms with Crippen molar-refractivity contribution < 1.29 is 13.6 Å². The quantitative estimate of drug-likeness (QED) is 0.563. The Morgan fingerprint density at radius 2 is 1.89 bits per heavy atom. The summed E-state index contributed by atoms with van der Waals surface area (Å²) in [5, 5.41) is 7.44. The van der Waals surface area contributed by atoms with Crippen LogP contribution in [0.5, 0.6) is 0 Å². The number of rotatable bonds is 5. The summed E-state index contributed by atoms with van der Waals surface area (Å²) in [4.78, 5) is 17.5. The van der Waals surface area contributed by atoms with E-state index in [1.54, 1.807) is 36.4 Å². The molecule has 4 aromatic rings. The Labute approximate surface area is 160 Å². The smallest absolute Gasteiger partial charge is 0.281 e. The summed E-state index contributed by atoms with van der Waals surface area (Å²) in [6.07, 6.45) is 1.52. The molecule has 0 fully saturated rings. The predicted molar refractivity (Wildman–Crippen MR) is 102 cm³/mol. The first kappa shape index (κ1) is 17.7. The van der Waals surface area contributed by atoms with Gasteiger partial charge < -0.3 is 9.73 Å². The van der Waals surface area contributed by atoms with Crippen LogP contribution in [-0.2, 0) is 6.54 Å². The van der Waals surface area contributed by atoms with Crippen LogP contribution in [0.3, 0.4) is 0 Å². The van der Waals surface area contributed by atoms with E-state index in [1.165, 1.54) is 23.1 Å². The van der Waals surface area contributed by atoms with Gasteiger partial charge in [-0.1, -0.05) is 30.3 Å². The molecule has 140 valence electrons. The van der Waals surface area contributed by atoms with E-state index < -0.39 is 0 Å². The molecule has 0 aliphatic rings. The van der Waals surface area contributed by atoms with Crippen molar-refractivity contribution in [3.05, 3.63) is 89.4 Å². The molecule has 0 radical (unpaired) electrons. The zero-order chi connectivity index (χ0) is 19.5. The molecule has 0 bridgehead atoms. The molecule has 2 heterocycles. The standard InChI is InChI=1S/C21H17FN4O2/c1-14-5-2-3-6-17(14)20(27)26-21(23-13-15-8-10-16(22)11-9-15)24-19(25-26)18-7-4-12-28-18/h2-12H,13H2,1H3,(H,23,24,25). The molecule has 0 spiro atoms. The SMILES string of the molecule is Cc1ccccc1C(=O)n1nc(-c2ccco2)nc1NCc1ccc(F)cc1. The summed E-state index contributed by atoms with van der Waals surface area (Å²) in [7, 11) is 0. The lowest BCUT2D eigenvalue weighted by atomic mass is 10.1. The maximum atomic E-state index is 13.1. The van der Waals surface area contributed by atoms with Crippen molar-refractivity contribution in [1.29, 1.82) is 0 Å². The molecule has 0 atom stereocenters. The lowest BCUT2D eigenvalue weighted by Crippen LogP contribution is -2.18. The Hall–Kier alpha value is -3.74. The van der Waals surface area contributed by atoms with E-state index in [-0.39, 0.29) is 17.7 Å². The minimum absolute atomic E-state index is 0.281. The fourth-order valence-corrected chi connectivity index (χ4v) is 2.79. The van der Waals surface area contributed by atoms with Crippen LogP contribution < -0.4 is 5.32 Å². The first-order valence-electron chi connectivity index (χ1n) is 8.71. The minimum atomic E-state index is -0.304. The van der Waals surface area contributed by atoms with Gasteiger partial charge in [-0.2, -0.15) is 9.67 Å². The molecule has 0 aliphatic carbocycles. The molecule has 4 rings (SSSR count). The van der Waals surface area contributed by atoms with Crippen molar-refractivity contribution in [2.24, 2.45) is 0 Å². The number of carbonyl (C=O) groups excluding carboxylic acids is 1. The molecule has 2 aromatic heterocycles. The van der Waals surface area contributed by atoms with Crippen molar-refractivity contribution in [2.75, 3.05) is 5.32 Å². The fourth-order valence-electron chi connectivity index (χ4n) is 2.79. The largest absolute Gasteiger partial charge is 0.461 e. The topological polar surface area (TPSA) is 73.0 Å². The lowest BCUT2D eigenvalue weighted by molar-refractivity contribution is 0.0947. The number of nitrogens with one attached hydrogen (secondary N) is 1. The van der Waals surface area contributed by atoms with Gasteiger partial charge in [0.05, 0.1) is 6.26 Å². The number of hydrogen-bond acceptors (Lipinski definition) is 5. The zero-order valence-electron chi connectivity index (χ0n) is 15.1. The predicted octanol–water partition coefficient (Wildman–Crippen LogP) is 4.29. The highest BCUT2D eigenvalue weighted by atomic mass is 19.1. The summed E-state index contributed by atoms with van der Waals surface area (Å²) in [6.45, 7) is 2.22. The van der Waals surface area contributed by atoms with Gasteiger partial charge >= 0.3 is 0 Å². The summed E-state index contributed by atoms with van der Waals surface area (Å²) < 4.78 is 19.7. The third kappa shape index (κ3) is 3.55. The highest BCUT2D eigenvalue weighted by Crippen LogP contribution is 2.20. The van der Waals surface area contributed by atoms with E-state index in [0.717, 1.165) is 11.1 Å². The molecule has 0 unspecified atom stereocenters. The molecular weight excluding hydrogens is 359 g/mol. The second-order valence-corrected chi connectivity index (χ2v) is 6.25. The monoisotopic (exact) mass is 376 g/mol. The molecule has 1 N–H and O–H groups in total. The maximum Gasteiger partial charge on any atom is 0.281 e. The normalized spacial score (nSPS) is 10.8. The van der Waals surface area contributed by atoms with Crippen LogP contribution in [-0.4, -0.2) is 20.7 Å². The molecule has 7 heteroatoms. The van der Waals surface area contributed by atoms with Crippen LogP contribution in [0.1, 0.15) is 21.5 Å². The number of nitrogens with zero attached hydrogens (tertiary/aromatic N) is 3. The average Bonchev–Trinajstić information content (AvgIpc) is 3.37. The molecule has 0 aliphatic heterocycles. The summed E-state index contributed by atoms with van der Waals surface area (Å²) in [5.41, 5.74) is 2.22. The highest BCUT2D eigenvalue weighted by Gasteiger charge is 2.20. The van der Waals surface area contributed by atoms with Crippen molar-refractivity contribution in [2.45, 2.75) is 13.5 Å². The molecule has 0 saturated heterocycles. The Balaban J connectivity index is 1.68. The summed E-state index contributed by atoms with van der Waals surface area (Å²) in [5.74, 6) is 0.436. The number of hydrogen-bond donors (Lipinski definition) is 1. The van der Waals surface area contributed by atoms with Gasteiger partial charge in [-0.25, -0.2) is 4.39 Å². The molecule has 0 saturated carbocycles. The molecule has 6 nitrogen and oxygen atoms in total. The van der Waals surface area contributed by atoms with Gasteiger partial charge in [-0.15, -0.1) is 5.10 Å². The van der Waals surface area contributed by atoms with E-state index in [2.05, 4.69) is 15.4 Å². The van der Waals surface area contributed by atoms with Gasteiger partial charge in [0, 0.05) is 12.1 Å². The number of carbonyl (C=O) groups is 1. The van der Waals surface area contributed by atoms with Crippen LogP contribution in [0.4, 0.5) is 10.3 Å². The van der Waals surface area contributed by atoms with Gasteiger partial charge in [-0.3, -0.25) is 4.79 Å². The van der Waals surface area contributed by atoms with E-state index in [0.29, 0.717) is 23.7 Å². The number of anilines is 1. The van der Waals surface area contributed by atoms with Crippen LogP contribution >= 0.6 is 0 Å². The summed E-state index contributed by atoms with van der Waals surface area (Å²) in [6, 6.07) is 16.8. The van der Waals surface area contributed by atoms with E-state index >= 15 is 0 Å². The van der Waals surface area contributed by atoms with Crippen molar-refractivity contribution in [3.8, 4) is 11.6 Å². The van der Waals surface area contributed by atoms with Gasteiger partial charge in [0.2, 0.25) is 11.8 Å². The summed E-state index contributed by atoms with van der Waals surface area (Å²) >= 11 is 0. The third-order valence-corrected chi connectivity index (χ3v) is 4.28. The van der Waals surface area contributed by atoms with Gasteiger partial charge in [0.1, 0.15) is 5.82 Å². The fraction of sp³-hybridized carbons (Fsp3) is 0.0952. The number of aryl methyl sites for hydroxylation is 1. The maximum absolute atomic E-state index is 13.1. The van der Waals surface area contributed by atoms with Gasteiger partial charge in [-0.05, 0) is 48.4 Å². The number of furan rings is 1. The Kier molecular flexibility index (Phi) is 4.72. The van der Waals surface area contributed by atoms with E-state index in [1.807, 2.05) is 19.1 Å². The van der Waals surface area contributed by atoms with Gasteiger partial charge in [0.15, 0.2) is 5.76 Å².